The van der Waals surface area contributed by atoms with Gasteiger partial charge in [-0.1, -0.05) is 35.3 Å². The maximum Gasteiger partial charge on any atom is 0.244 e. The molecule has 0 saturated heterocycles. The molecular formula is C22H27Cl2N3O4S. The van der Waals surface area contributed by atoms with Crippen LogP contribution in [-0.4, -0.2) is 50.0 Å². The standard InChI is InChI=1S/C22H27Cl2N3O4S/c1-15(2)25-22(29)16(3)26(13-17-6-5-7-19(24)12-17)21(28)14-27(32(4,30)31)20-10-8-18(23)9-11-20/h5-12,15-16H,13-14H2,1-4H3,(H,25,29). The molecule has 32 heavy (non-hydrogen) atoms. The first-order chi connectivity index (χ1) is 14.9. The first-order valence-corrected chi connectivity index (χ1v) is 12.6. The average Bonchev–Trinajstić information content (AvgIpc) is 2.69. The number of halogens is 2. The Labute approximate surface area is 199 Å². The van der Waals surface area contributed by atoms with Crippen LogP contribution in [0.1, 0.15) is 26.3 Å². The van der Waals surface area contributed by atoms with Crippen LogP contribution in [0.25, 0.3) is 0 Å². The highest BCUT2D eigenvalue weighted by atomic mass is 35.5. The number of rotatable bonds is 9. The Hall–Kier alpha value is -2.29. The van der Waals surface area contributed by atoms with E-state index in [1.165, 1.54) is 17.0 Å². The van der Waals surface area contributed by atoms with Gasteiger partial charge in [0.05, 0.1) is 11.9 Å². The molecule has 0 heterocycles. The van der Waals surface area contributed by atoms with Gasteiger partial charge in [-0.05, 0) is 62.7 Å². The second-order valence-corrected chi connectivity index (χ2v) is 10.5. The molecule has 0 aliphatic rings. The molecule has 0 fully saturated rings. The van der Waals surface area contributed by atoms with Crippen LogP contribution in [0.3, 0.4) is 0 Å². The topological polar surface area (TPSA) is 86.8 Å². The molecule has 0 bridgehead atoms. The number of sulfonamides is 1. The zero-order valence-electron chi connectivity index (χ0n) is 18.4. The van der Waals surface area contributed by atoms with Crippen molar-refractivity contribution in [3.63, 3.8) is 0 Å². The minimum atomic E-state index is -3.78. The van der Waals surface area contributed by atoms with E-state index in [-0.39, 0.29) is 18.5 Å². The van der Waals surface area contributed by atoms with Gasteiger partial charge in [-0.3, -0.25) is 13.9 Å². The summed E-state index contributed by atoms with van der Waals surface area (Å²) in [5.74, 6) is -0.871. The lowest BCUT2D eigenvalue weighted by Crippen LogP contribution is -2.52. The number of nitrogens with one attached hydrogen (secondary N) is 1. The normalized spacial score (nSPS) is 12.3. The Bertz CT molecular complexity index is 1060. The summed E-state index contributed by atoms with van der Waals surface area (Å²) in [6.07, 6.45) is 1.02. The Kier molecular flexibility index (Phi) is 8.95. The van der Waals surface area contributed by atoms with Crippen molar-refractivity contribution in [1.82, 2.24) is 10.2 Å². The van der Waals surface area contributed by atoms with Crippen LogP contribution < -0.4 is 9.62 Å². The highest BCUT2D eigenvalue weighted by molar-refractivity contribution is 7.92. The van der Waals surface area contributed by atoms with E-state index in [0.717, 1.165) is 10.6 Å². The minimum Gasteiger partial charge on any atom is -0.352 e. The first-order valence-electron chi connectivity index (χ1n) is 9.96. The number of amides is 2. The van der Waals surface area contributed by atoms with Crippen LogP contribution in [0.2, 0.25) is 10.0 Å². The van der Waals surface area contributed by atoms with Crippen LogP contribution in [0.4, 0.5) is 5.69 Å². The predicted molar refractivity (Wildman–Crippen MR) is 128 cm³/mol. The van der Waals surface area contributed by atoms with Crippen LogP contribution in [0.15, 0.2) is 48.5 Å². The molecule has 0 aliphatic carbocycles. The van der Waals surface area contributed by atoms with Crippen molar-refractivity contribution in [3.05, 3.63) is 64.1 Å². The molecule has 174 valence electrons. The van der Waals surface area contributed by atoms with Gasteiger partial charge < -0.3 is 10.2 Å². The van der Waals surface area contributed by atoms with E-state index in [9.17, 15) is 18.0 Å². The largest absolute Gasteiger partial charge is 0.352 e. The Balaban J connectivity index is 2.38. The third-order valence-electron chi connectivity index (χ3n) is 4.63. The van der Waals surface area contributed by atoms with Crippen LogP contribution in [0, 0.1) is 0 Å². The lowest BCUT2D eigenvalue weighted by molar-refractivity contribution is -0.139. The molecule has 0 spiro atoms. The van der Waals surface area contributed by atoms with Gasteiger partial charge >= 0.3 is 0 Å². The summed E-state index contributed by atoms with van der Waals surface area (Å²) in [6.45, 7) is 4.86. The van der Waals surface area contributed by atoms with E-state index < -0.39 is 28.5 Å². The average molecular weight is 500 g/mol. The van der Waals surface area contributed by atoms with E-state index in [4.69, 9.17) is 23.2 Å². The molecule has 2 rings (SSSR count). The van der Waals surface area contributed by atoms with E-state index in [1.54, 1.807) is 43.3 Å². The zero-order chi connectivity index (χ0) is 24.1. The molecule has 10 heteroatoms. The van der Waals surface area contributed by atoms with Gasteiger partial charge in [0, 0.05) is 22.6 Å². The lowest BCUT2D eigenvalue weighted by Gasteiger charge is -2.32. The van der Waals surface area contributed by atoms with Gasteiger partial charge in [-0.25, -0.2) is 8.42 Å². The van der Waals surface area contributed by atoms with Crippen molar-refractivity contribution in [3.8, 4) is 0 Å². The van der Waals surface area contributed by atoms with Crippen molar-refractivity contribution >= 4 is 50.7 Å². The number of anilines is 1. The molecule has 1 atom stereocenters. The molecule has 0 aliphatic heterocycles. The zero-order valence-corrected chi connectivity index (χ0v) is 20.7. The minimum absolute atomic E-state index is 0.0876. The maximum absolute atomic E-state index is 13.3. The van der Waals surface area contributed by atoms with Gasteiger partial charge in [-0.15, -0.1) is 0 Å². The number of nitrogens with zero attached hydrogens (tertiary/aromatic N) is 2. The third-order valence-corrected chi connectivity index (χ3v) is 6.26. The fraction of sp³-hybridized carbons (Fsp3) is 0.364. The molecule has 2 aromatic rings. The second kappa shape index (κ2) is 11.0. The summed E-state index contributed by atoms with van der Waals surface area (Å²) in [7, 11) is -3.78. The fourth-order valence-electron chi connectivity index (χ4n) is 3.04. The van der Waals surface area contributed by atoms with E-state index in [2.05, 4.69) is 5.32 Å². The van der Waals surface area contributed by atoms with Crippen molar-refractivity contribution in [2.75, 3.05) is 17.1 Å². The van der Waals surface area contributed by atoms with Gasteiger partial charge in [0.25, 0.3) is 0 Å². The van der Waals surface area contributed by atoms with Gasteiger partial charge in [0.15, 0.2) is 0 Å². The number of carbonyl (C=O) groups excluding carboxylic acids is 2. The van der Waals surface area contributed by atoms with Crippen molar-refractivity contribution in [2.45, 2.75) is 39.4 Å². The highest BCUT2D eigenvalue weighted by Gasteiger charge is 2.30. The van der Waals surface area contributed by atoms with E-state index >= 15 is 0 Å². The third kappa shape index (κ3) is 7.39. The van der Waals surface area contributed by atoms with Crippen LogP contribution in [0.5, 0.6) is 0 Å². The predicted octanol–water partition coefficient (Wildman–Crippen LogP) is 3.70. The highest BCUT2D eigenvalue weighted by Crippen LogP contribution is 2.22. The van der Waals surface area contributed by atoms with Crippen molar-refractivity contribution in [1.29, 1.82) is 0 Å². The van der Waals surface area contributed by atoms with E-state index in [1.807, 2.05) is 13.8 Å². The molecule has 2 aromatic carbocycles. The quantitative estimate of drug-likeness (QED) is 0.569. The number of benzene rings is 2. The number of carbonyl (C=O) groups is 2. The SMILES string of the molecule is CC(C)NC(=O)C(C)N(Cc1cccc(Cl)c1)C(=O)CN(c1ccc(Cl)cc1)S(C)(=O)=O. The van der Waals surface area contributed by atoms with Crippen LogP contribution >= 0.6 is 23.2 Å². The molecule has 2 amide bonds. The van der Waals surface area contributed by atoms with E-state index in [0.29, 0.717) is 21.3 Å². The van der Waals surface area contributed by atoms with Crippen molar-refractivity contribution < 1.29 is 18.0 Å². The molecule has 0 aromatic heterocycles. The molecule has 1 unspecified atom stereocenters. The molecule has 0 radical (unpaired) electrons. The molecule has 0 saturated carbocycles. The van der Waals surface area contributed by atoms with Crippen LogP contribution in [-0.2, 0) is 26.2 Å². The lowest BCUT2D eigenvalue weighted by atomic mass is 10.1. The number of hydrogen-bond acceptors (Lipinski definition) is 4. The Morgan fingerprint density at radius 2 is 1.62 bits per heavy atom. The second-order valence-electron chi connectivity index (χ2n) is 7.74. The van der Waals surface area contributed by atoms with Gasteiger partial charge in [0.1, 0.15) is 12.6 Å². The van der Waals surface area contributed by atoms with Gasteiger partial charge in [-0.2, -0.15) is 0 Å². The monoisotopic (exact) mass is 499 g/mol. The maximum atomic E-state index is 13.3. The number of hydrogen-bond donors (Lipinski definition) is 1. The fourth-order valence-corrected chi connectivity index (χ4v) is 4.23. The smallest absolute Gasteiger partial charge is 0.244 e. The summed E-state index contributed by atoms with van der Waals surface area (Å²) in [6, 6.07) is 12.1. The summed E-state index contributed by atoms with van der Waals surface area (Å²) in [5.41, 5.74) is 1.01. The molecule has 1 N–H and O–H groups in total. The first kappa shape index (κ1) is 26.0. The summed E-state index contributed by atoms with van der Waals surface area (Å²) in [4.78, 5) is 27.4. The Morgan fingerprint density at radius 3 is 2.16 bits per heavy atom. The van der Waals surface area contributed by atoms with Crippen molar-refractivity contribution in [2.24, 2.45) is 0 Å². The summed E-state index contributed by atoms with van der Waals surface area (Å²) < 4.78 is 25.9. The summed E-state index contributed by atoms with van der Waals surface area (Å²) in [5, 5.41) is 3.72. The van der Waals surface area contributed by atoms with Gasteiger partial charge in [0.2, 0.25) is 21.8 Å². The molecular weight excluding hydrogens is 473 g/mol. The molecule has 7 nitrogen and oxygen atoms in total. The summed E-state index contributed by atoms with van der Waals surface area (Å²) >= 11 is 12.0. The Morgan fingerprint density at radius 1 is 1.00 bits per heavy atom.